The molecule has 1 saturated heterocycles. The maximum Gasteiger partial charge on any atom is 0.302 e. The molecule has 0 aliphatic carbocycles. The molecule has 2 aromatic rings. The van der Waals surface area contributed by atoms with Crippen LogP contribution >= 0.6 is 0 Å². The molecule has 3 rings (SSSR count). The van der Waals surface area contributed by atoms with E-state index < -0.39 is 48.1 Å². The third kappa shape index (κ3) is 5.80. The second kappa shape index (κ2) is 11.0. The van der Waals surface area contributed by atoms with Crippen molar-refractivity contribution in [2.24, 2.45) is 0 Å². The Kier molecular flexibility index (Phi) is 8.47. The topological polar surface area (TPSA) is 146 Å². The average molecular weight is 495 g/mol. The van der Waals surface area contributed by atoms with Gasteiger partial charge < -0.3 is 39.7 Å². The van der Waals surface area contributed by atoms with E-state index in [9.17, 15) is 30.3 Å². The molecule has 1 aliphatic rings. The zero-order chi connectivity index (χ0) is 25.9. The Hall–Kier alpha value is -2.60. The summed E-state index contributed by atoms with van der Waals surface area (Å²) in [6, 6.07) is 9.25. The number of carbonyl (C=O) groups is 1. The fourth-order valence-corrected chi connectivity index (χ4v) is 4.10. The number of aliphatic hydroxyl groups excluding tert-OH is 4. The molecule has 0 bridgehead atoms. The summed E-state index contributed by atoms with van der Waals surface area (Å²) < 4.78 is 31.3. The minimum absolute atomic E-state index is 0.0438. The van der Waals surface area contributed by atoms with Crippen molar-refractivity contribution in [3.8, 4) is 5.75 Å². The molecule has 9 nitrogen and oxygen atoms in total. The molecule has 10 heteroatoms. The Bertz CT molecular complexity index is 1030. The maximum atomic E-state index is 15.4. The lowest BCUT2D eigenvalue weighted by Gasteiger charge is -2.47. The molecule has 2 aromatic carbocycles. The van der Waals surface area contributed by atoms with Gasteiger partial charge in [0.05, 0.1) is 12.7 Å². The zero-order valence-corrected chi connectivity index (χ0v) is 19.7. The van der Waals surface area contributed by atoms with E-state index in [1.165, 1.54) is 19.9 Å². The molecule has 0 radical (unpaired) electrons. The van der Waals surface area contributed by atoms with E-state index in [0.717, 1.165) is 6.07 Å². The van der Waals surface area contributed by atoms with Crippen LogP contribution in [0.15, 0.2) is 36.4 Å². The highest BCUT2D eigenvalue weighted by atomic mass is 19.1. The van der Waals surface area contributed by atoms with Gasteiger partial charge in [-0.3, -0.25) is 4.79 Å². The van der Waals surface area contributed by atoms with E-state index in [1.807, 2.05) is 6.92 Å². The van der Waals surface area contributed by atoms with Gasteiger partial charge >= 0.3 is 5.97 Å². The van der Waals surface area contributed by atoms with E-state index in [2.05, 4.69) is 0 Å². The van der Waals surface area contributed by atoms with E-state index in [4.69, 9.17) is 14.2 Å². The summed E-state index contributed by atoms with van der Waals surface area (Å²) in [5.41, 5.74) is 0.498. The first-order valence-corrected chi connectivity index (χ1v) is 11.3. The lowest BCUT2D eigenvalue weighted by atomic mass is 9.83. The Labute approximate surface area is 202 Å². The third-order valence-corrected chi connectivity index (χ3v) is 5.90. The Morgan fingerprint density at radius 3 is 2.37 bits per heavy atom. The number of rotatable bonds is 8. The van der Waals surface area contributed by atoms with Crippen LogP contribution in [-0.4, -0.2) is 68.6 Å². The van der Waals surface area contributed by atoms with Gasteiger partial charge in [-0.1, -0.05) is 12.1 Å². The first-order valence-electron chi connectivity index (χ1n) is 11.3. The summed E-state index contributed by atoms with van der Waals surface area (Å²) in [4.78, 5) is 11.3. The fraction of sp³-hybridized carbons (Fsp3) is 0.480. The number of esters is 1. The second-order valence-corrected chi connectivity index (χ2v) is 8.58. The molecule has 0 saturated carbocycles. The summed E-state index contributed by atoms with van der Waals surface area (Å²) in [6.07, 6.45) is -8.59. The van der Waals surface area contributed by atoms with Crippen molar-refractivity contribution < 1.29 is 48.9 Å². The van der Waals surface area contributed by atoms with Crippen molar-refractivity contribution in [2.45, 2.75) is 70.1 Å². The molecule has 0 spiro atoms. The van der Waals surface area contributed by atoms with Crippen LogP contribution in [0.3, 0.4) is 0 Å². The number of ether oxygens (including phenoxy) is 3. The van der Waals surface area contributed by atoms with Crippen molar-refractivity contribution in [2.75, 3.05) is 6.61 Å². The second-order valence-electron chi connectivity index (χ2n) is 8.58. The van der Waals surface area contributed by atoms with Crippen LogP contribution in [0.2, 0.25) is 0 Å². The van der Waals surface area contributed by atoms with E-state index in [1.54, 1.807) is 24.3 Å². The predicted molar refractivity (Wildman–Crippen MR) is 121 cm³/mol. The van der Waals surface area contributed by atoms with Crippen molar-refractivity contribution in [3.63, 3.8) is 0 Å². The summed E-state index contributed by atoms with van der Waals surface area (Å²) >= 11 is 0. The van der Waals surface area contributed by atoms with Crippen LogP contribution in [-0.2, 0) is 33.1 Å². The molecule has 1 aliphatic heterocycles. The standard InChI is InChI=1S/C25H31FO9/c1-4-33-17-7-5-15(6-8-17)9-18-19(10-16(11-20(18)26)12-34-14(3)28)25(32)24(31)22(30)21(29)23(35-25)13(2)27/h5-8,10-11,13,21-24,27,29-32H,4,9,12H2,1-3H3/t13-,21-,22-,23+,24+,25+/m0/s1. The first kappa shape index (κ1) is 27.0. The molecule has 5 N–H and O–H groups in total. The predicted octanol–water partition coefficient (Wildman–Crippen LogP) is 0.886. The van der Waals surface area contributed by atoms with Crippen LogP contribution in [0.4, 0.5) is 4.39 Å². The Balaban J connectivity index is 2.10. The SMILES string of the molecule is CCOc1ccc(Cc2c(F)cc(COC(C)=O)cc2[C@@]2(O)O[C@H]([C@H](C)O)[C@@H](O)[C@H](O)[C@H]2O)cc1. The Morgan fingerprint density at radius 2 is 1.80 bits per heavy atom. The van der Waals surface area contributed by atoms with Gasteiger partial charge in [-0.05, 0) is 49.2 Å². The Morgan fingerprint density at radius 1 is 1.14 bits per heavy atom. The smallest absolute Gasteiger partial charge is 0.302 e. The molecular weight excluding hydrogens is 463 g/mol. The highest BCUT2D eigenvalue weighted by Crippen LogP contribution is 2.40. The van der Waals surface area contributed by atoms with Crippen LogP contribution < -0.4 is 4.74 Å². The molecule has 35 heavy (non-hydrogen) atoms. The van der Waals surface area contributed by atoms with Crippen molar-refractivity contribution in [3.05, 3.63) is 64.5 Å². The van der Waals surface area contributed by atoms with Gasteiger partial charge in [-0.2, -0.15) is 0 Å². The largest absolute Gasteiger partial charge is 0.494 e. The minimum atomic E-state index is -2.70. The molecule has 0 amide bonds. The quantitative estimate of drug-likeness (QED) is 0.338. The van der Waals surface area contributed by atoms with Gasteiger partial charge in [-0.25, -0.2) is 4.39 Å². The minimum Gasteiger partial charge on any atom is -0.494 e. The maximum absolute atomic E-state index is 15.4. The molecule has 6 atom stereocenters. The van der Waals surface area contributed by atoms with E-state index in [0.29, 0.717) is 17.9 Å². The normalized spacial score (nSPS) is 27.3. The van der Waals surface area contributed by atoms with Crippen LogP contribution in [0, 0.1) is 5.82 Å². The molecule has 1 fully saturated rings. The van der Waals surface area contributed by atoms with Gasteiger partial charge in [0.1, 0.15) is 42.6 Å². The number of carbonyl (C=O) groups excluding carboxylic acids is 1. The summed E-state index contributed by atoms with van der Waals surface area (Å²) in [5.74, 6) is -3.47. The lowest BCUT2D eigenvalue weighted by Crippen LogP contribution is -2.65. The van der Waals surface area contributed by atoms with Crippen molar-refractivity contribution in [1.82, 2.24) is 0 Å². The van der Waals surface area contributed by atoms with E-state index in [-0.39, 0.29) is 29.7 Å². The van der Waals surface area contributed by atoms with Crippen LogP contribution in [0.1, 0.15) is 43.0 Å². The monoisotopic (exact) mass is 494 g/mol. The van der Waals surface area contributed by atoms with Gasteiger partial charge in [0.2, 0.25) is 5.79 Å². The number of hydrogen-bond donors (Lipinski definition) is 5. The number of benzene rings is 2. The first-order chi connectivity index (χ1) is 16.5. The number of hydrogen-bond acceptors (Lipinski definition) is 9. The van der Waals surface area contributed by atoms with Gasteiger partial charge in [0.25, 0.3) is 0 Å². The fourth-order valence-electron chi connectivity index (χ4n) is 4.10. The van der Waals surface area contributed by atoms with Gasteiger partial charge in [0, 0.05) is 24.5 Å². The molecule has 0 aromatic heterocycles. The van der Waals surface area contributed by atoms with Gasteiger partial charge in [-0.15, -0.1) is 0 Å². The molecular formula is C25H31FO9. The molecule has 1 heterocycles. The summed E-state index contributed by atoms with van der Waals surface area (Å²) in [6.45, 7) is 4.46. The van der Waals surface area contributed by atoms with Crippen molar-refractivity contribution in [1.29, 1.82) is 0 Å². The molecule has 0 unspecified atom stereocenters. The zero-order valence-electron chi connectivity index (χ0n) is 19.7. The van der Waals surface area contributed by atoms with Crippen LogP contribution in [0.5, 0.6) is 5.75 Å². The number of halogens is 1. The van der Waals surface area contributed by atoms with Crippen molar-refractivity contribution >= 4 is 5.97 Å². The lowest BCUT2D eigenvalue weighted by molar-refractivity contribution is -0.364. The van der Waals surface area contributed by atoms with E-state index >= 15 is 4.39 Å². The summed E-state index contributed by atoms with van der Waals surface area (Å²) in [5, 5.41) is 52.9. The highest BCUT2D eigenvalue weighted by molar-refractivity contribution is 5.66. The third-order valence-electron chi connectivity index (χ3n) is 5.90. The summed E-state index contributed by atoms with van der Waals surface area (Å²) in [7, 11) is 0. The van der Waals surface area contributed by atoms with Gasteiger partial charge in [0.15, 0.2) is 0 Å². The average Bonchev–Trinajstić information content (AvgIpc) is 2.81. The highest BCUT2D eigenvalue weighted by Gasteiger charge is 2.55. The van der Waals surface area contributed by atoms with Crippen LogP contribution in [0.25, 0.3) is 0 Å². The molecule has 192 valence electrons. The number of aliphatic hydroxyl groups is 5.